The molecule has 2 saturated carbocycles. The van der Waals surface area contributed by atoms with Gasteiger partial charge in [0.2, 0.25) is 0 Å². The summed E-state index contributed by atoms with van der Waals surface area (Å²) < 4.78 is 33.8. The molecule has 0 aromatic carbocycles. The van der Waals surface area contributed by atoms with Gasteiger partial charge in [0.25, 0.3) is 10.1 Å². The molecule has 0 radical (unpaired) electrons. The Morgan fingerprint density at radius 2 is 2.05 bits per heavy atom. The summed E-state index contributed by atoms with van der Waals surface area (Å²) >= 11 is 0. The SMILES string of the molecule is COC(=O)C(C)OS(=O)(=O)C[C@@]12CC[C@@H](CC1=O)C2(C)C. The summed E-state index contributed by atoms with van der Waals surface area (Å²) in [6.45, 7) is 5.23. The Hall–Kier alpha value is -0.950. The highest BCUT2D eigenvalue weighted by molar-refractivity contribution is 7.86. The van der Waals surface area contributed by atoms with Crippen molar-refractivity contribution in [3.63, 3.8) is 0 Å². The molecule has 2 aliphatic rings. The first kappa shape index (κ1) is 16.4. The summed E-state index contributed by atoms with van der Waals surface area (Å²) in [6.07, 6.45) is 0.669. The molecule has 3 atom stereocenters. The van der Waals surface area contributed by atoms with Crippen LogP contribution in [0.5, 0.6) is 0 Å². The van der Waals surface area contributed by atoms with Gasteiger partial charge < -0.3 is 4.74 Å². The van der Waals surface area contributed by atoms with Gasteiger partial charge >= 0.3 is 5.97 Å². The van der Waals surface area contributed by atoms with Crippen LogP contribution in [-0.4, -0.2) is 39.1 Å². The second-order valence-electron chi connectivity index (χ2n) is 6.63. The van der Waals surface area contributed by atoms with E-state index in [2.05, 4.69) is 4.74 Å². The number of fused-ring (bicyclic) bond motifs is 2. The standard InChI is InChI=1S/C14H22O6S/c1-9(12(16)19-4)20-21(17,18)8-14-6-5-10(7-11(14)15)13(14,2)3/h9-10H,5-8H2,1-4H3/t9?,10-,14-/m0/s1. The van der Waals surface area contributed by atoms with Crippen LogP contribution in [0.15, 0.2) is 0 Å². The molecule has 2 aliphatic carbocycles. The average molecular weight is 318 g/mol. The summed E-state index contributed by atoms with van der Waals surface area (Å²) in [4.78, 5) is 23.6. The van der Waals surface area contributed by atoms with Gasteiger partial charge in [0.05, 0.1) is 18.3 Å². The quantitative estimate of drug-likeness (QED) is 0.561. The lowest BCUT2D eigenvalue weighted by Crippen LogP contribution is -2.43. The lowest BCUT2D eigenvalue weighted by Gasteiger charge is -2.35. The molecule has 0 spiro atoms. The Balaban J connectivity index is 2.20. The van der Waals surface area contributed by atoms with Crippen molar-refractivity contribution in [2.75, 3.05) is 12.9 Å². The Bertz CT molecular complexity index is 564. The predicted molar refractivity (Wildman–Crippen MR) is 74.9 cm³/mol. The normalized spacial score (nSPS) is 32.2. The number of methoxy groups -OCH3 is 1. The molecule has 120 valence electrons. The first-order chi connectivity index (χ1) is 9.56. The van der Waals surface area contributed by atoms with Gasteiger partial charge in [0.1, 0.15) is 5.78 Å². The van der Waals surface area contributed by atoms with Gasteiger partial charge in [-0.15, -0.1) is 0 Å². The lowest BCUT2D eigenvalue weighted by molar-refractivity contribution is -0.147. The second-order valence-corrected chi connectivity index (χ2v) is 8.23. The van der Waals surface area contributed by atoms with Crippen molar-refractivity contribution in [1.82, 2.24) is 0 Å². The molecule has 2 rings (SSSR count). The summed E-state index contributed by atoms with van der Waals surface area (Å²) in [5.74, 6) is -0.874. The lowest BCUT2D eigenvalue weighted by atomic mass is 9.70. The molecule has 6 nitrogen and oxygen atoms in total. The third-order valence-electron chi connectivity index (χ3n) is 5.39. The minimum atomic E-state index is -3.99. The van der Waals surface area contributed by atoms with Gasteiger partial charge in [-0.1, -0.05) is 13.8 Å². The third kappa shape index (κ3) is 2.50. The minimum Gasteiger partial charge on any atom is -0.467 e. The highest BCUT2D eigenvalue weighted by Crippen LogP contribution is 2.64. The maximum atomic E-state index is 12.3. The van der Waals surface area contributed by atoms with Crippen molar-refractivity contribution in [3.05, 3.63) is 0 Å². The molecule has 0 amide bonds. The maximum absolute atomic E-state index is 12.3. The smallest absolute Gasteiger partial charge is 0.336 e. The summed E-state index contributed by atoms with van der Waals surface area (Å²) in [7, 11) is -2.82. The number of hydrogen-bond donors (Lipinski definition) is 0. The molecular formula is C14H22O6S. The Kier molecular flexibility index (Phi) is 3.95. The van der Waals surface area contributed by atoms with E-state index in [4.69, 9.17) is 4.18 Å². The number of esters is 1. The van der Waals surface area contributed by atoms with Gasteiger partial charge in [0.15, 0.2) is 6.10 Å². The molecule has 0 N–H and O–H groups in total. The summed E-state index contributed by atoms with van der Waals surface area (Å²) in [5.41, 5.74) is -1.23. The molecule has 0 aromatic heterocycles. The van der Waals surface area contributed by atoms with E-state index in [1.54, 1.807) is 0 Å². The highest BCUT2D eigenvalue weighted by Gasteiger charge is 2.65. The van der Waals surface area contributed by atoms with Crippen LogP contribution in [0.3, 0.4) is 0 Å². The third-order valence-corrected chi connectivity index (χ3v) is 6.81. The molecule has 0 heterocycles. The van der Waals surface area contributed by atoms with E-state index in [9.17, 15) is 18.0 Å². The zero-order valence-electron chi connectivity index (χ0n) is 12.8. The Morgan fingerprint density at radius 3 is 2.48 bits per heavy atom. The van der Waals surface area contributed by atoms with Crippen LogP contribution in [0.1, 0.15) is 40.0 Å². The van der Waals surface area contributed by atoms with Crippen LogP contribution in [0.2, 0.25) is 0 Å². The van der Waals surface area contributed by atoms with Gasteiger partial charge in [-0.25, -0.2) is 4.79 Å². The van der Waals surface area contributed by atoms with Gasteiger partial charge in [0, 0.05) is 6.42 Å². The number of carbonyl (C=O) groups is 2. The highest BCUT2D eigenvalue weighted by atomic mass is 32.2. The molecular weight excluding hydrogens is 296 g/mol. The molecule has 2 bridgehead atoms. The molecule has 0 aliphatic heterocycles. The van der Waals surface area contributed by atoms with Crippen LogP contribution in [0.25, 0.3) is 0 Å². The first-order valence-corrected chi connectivity index (χ1v) is 8.65. The number of hydrogen-bond acceptors (Lipinski definition) is 6. The largest absolute Gasteiger partial charge is 0.467 e. The monoisotopic (exact) mass is 318 g/mol. The van der Waals surface area contributed by atoms with Crippen molar-refractivity contribution in [2.45, 2.75) is 46.1 Å². The van der Waals surface area contributed by atoms with Crippen molar-refractivity contribution >= 4 is 21.9 Å². The molecule has 2 fully saturated rings. The van der Waals surface area contributed by atoms with Crippen molar-refractivity contribution in [3.8, 4) is 0 Å². The number of Topliss-reactive ketones (excluding diaryl/α,β-unsaturated/α-hetero) is 1. The fraction of sp³-hybridized carbons (Fsp3) is 0.857. The topological polar surface area (TPSA) is 86.7 Å². The molecule has 0 aromatic rings. The fourth-order valence-electron chi connectivity index (χ4n) is 3.87. The summed E-state index contributed by atoms with van der Waals surface area (Å²) in [5, 5.41) is 0. The average Bonchev–Trinajstić information content (AvgIpc) is 2.70. The van der Waals surface area contributed by atoms with E-state index in [1.165, 1.54) is 14.0 Å². The number of carbonyl (C=O) groups excluding carboxylic acids is 2. The zero-order chi connectivity index (χ0) is 16.1. The van der Waals surface area contributed by atoms with E-state index in [0.717, 1.165) is 6.42 Å². The van der Waals surface area contributed by atoms with Crippen molar-refractivity contribution < 1.29 is 26.9 Å². The summed E-state index contributed by atoms with van der Waals surface area (Å²) in [6, 6.07) is 0. The van der Waals surface area contributed by atoms with E-state index in [1.807, 2.05) is 13.8 Å². The Labute approximate surface area is 125 Å². The van der Waals surface area contributed by atoms with E-state index < -0.39 is 27.6 Å². The van der Waals surface area contributed by atoms with Crippen LogP contribution >= 0.6 is 0 Å². The second kappa shape index (κ2) is 5.05. The number of ketones is 1. The molecule has 21 heavy (non-hydrogen) atoms. The van der Waals surface area contributed by atoms with Crippen molar-refractivity contribution in [2.24, 2.45) is 16.7 Å². The zero-order valence-corrected chi connectivity index (χ0v) is 13.7. The van der Waals surface area contributed by atoms with E-state index in [-0.39, 0.29) is 22.9 Å². The fourth-order valence-corrected chi connectivity index (χ4v) is 5.74. The number of rotatable bonds is 5. The molecule has 1 unspecified atom stereocenters. The first-order valence-electron chi connectivity index (χ1n) is 7.08. The molecule has 0 saturated heterocycles. The van der Waals surface area contributed by atoms with Gasteiger partial charge in [-0.3, -0.25) is 8.98 Å². The van der Waals surface area contributed by atoms with Crippen LogP contribution in [0, 0.1) is 16.7 Å². The van der Waals surface area contributed by atoms with Gasteiger partial charge in [-0.05, 0) is 31.1 Å². The molecule has 7 heteroatoms. The maximum Gasteiger partial charge on any atom is 0.336 e. The van der Waals surface area contributed by atoms with Crippen LogP contribution in [0.4, 0.5) is 0 Å². The predicted octanol–water partition coefficient (Wildman–Crippen LogP) is 1.29. The van der Waals surface area contributed by atoms with E-state index >= 15 is 0 Å². The van der Waals surface area contributed by atoms with Crippen LogP contribution < -0.4 is 0 Å². The van der Waals surface area contributed by atoms with E-state index in [0.29, 0.717) is 12.8 Å². The van der Waals surface area contributed by atoms with Crippen molar-refractivity contribution in [1.29, 1.82) is 0 Å². The van der Waals surface area contributed by atoms with Gasteiger partial charge in [-0.2, -0.15) is 8.42 Å². The number of ether oxygens (including phenoxy) is 1. The Morgan fingerprint density at radius 1 is 1.43 bits per heavy atom. The van der Waals surface area contributed by atoms with Crippen LogP contribution in [-0.2, 0) is 28.6 Å². The minimum absolute atomic E-state index is 0.00152.